The van der Waals surface area contributed by atoms with Crippen LogP contribution in [0.2, 0.25) is 0 Å². The fourth-order valence-electron chi connectivity index (χ4n) is 3.44. The second-order valence-electron chi connectivity index (χ2n) is 7.34. The van der Waals surface area contributed by atoms with Crippen molar-refractivity contribution in [1.29, 1.82) is 0 Å². The Bertz CT molecular complexity index is 1010. The molecule has 0 bridgehead atoms. The van der Waals surface area contributed by atoms with E-state index in [4.69, 9.17) is 0 Å². The number of carbonyl (C=O) groups is 2. The van der Waals surface area contributed by atoms with Gasteiger partial charge in [-0.15, -0.1) is 0 Å². The molecule has 1 aromatic carbocycles. The maximum absolute atomic E-state index is 12.7. The van der Waals surface area contributed by atoms with E-state index < -0.39 is 0 Å². The van der Waals surface area contributed by atoms with Crippen LogP contribution in [0.15, 0.2) is 30.3 Å². The van der Waals surface area contributed by atoms with Crippen molar-refractivity contribution in [3.05, 3.63) is 46.6 Å². The number of benzene rings is 1. The third-order valence-corrected chi connectivity index (χ3v) is 5.69. The Balaban J connectivity index is 1.63. The summed E-state index contributed by atoms with van der Waals surface area (Å²) in [5.74, 6) is -0.0923. The van der Waals surface area contributed by atoms with Crippen molar-refractivity contribution in [2.75, 3.05) is 5.32 Å². The van der Waals surface area contributed by atoms with Gasteiger partial charge in [-0.2, -0.15) is 0 Å². The zero-order chi connectivity index (χ0) is 17.8. The Labute approximate surface area is 149 Å². The van der Waals surface area contributed by atoms with Crippen LogP contribution in [0, 0.1) is 5.41 Å². The molecule has 25 heavy (non-hydrogen) atoms. The SMILES string of the molecule is Cn1c(C(=O)Nc2nc3c(s2)C(=O)CC(C)(C)C3)cc2ccccc21. The zero-order valence-electron chi connectivity index (χ0n) is 14.4. The number of thiazole rings is 1. The Morgan fingerprint density at radius 2 is 2.04 bits per heavy atom. The number of nitrogens with one attached hydrogen (secondary N) is 1. The predicted octanol–water partition coefficient (Wildman–Crippen LogP) is 4.04. The van der Waals surface area contributed by atoms with Gasteiger partial charge in [-0.3, -0.25) is 14.9 Å². The van der Waals surface area contributed by atoms with E-state index in [2.05, 4.69) is 24.1 Å². The molecule has 0 radical (unpaired) electrons. The first-order valence-electron chi connectivity index (χ1n) is 8.23. The van der Waals surface area contributed by atoms with Crippen molar-refractivity contribution in [3.63, 3.8) is 0 Å². The highest BCUT2D eigenvalue weighted by atomic mass is 32.1. The molecule has 1 N–H and O–H groups in total. The van der Waals surface area contributed by atoms with Crippen LogP contribution in [0.4, 0.5) is 5.13 Å². The average Bonchev–Trinajstić information content (AvgIpc) is 3.08. The van der Waals surface area contributed by atoms with E-state index in [1.54, 1.807) is 0 Å². The van der Waals surface area contributed by atoms with Crippen LogP contribution in [-0.4, -0.2) is 21.2 Å². The van der Waals surface area contributed by atoms with E-state index in [0.717, 1.165) is 23.0 Å². The first-order valence-corrected chi connectivity index (χ1v) is 9.04. The quantitative estimate of drug-likeness (QED) is 0.756. The van der Waals surface area contributed by atoms with Gasteiger partial charge in [0.25, 0.3) is 5.91 Å². The Kier molecular flexibility index (Phi) is 3.54. The van der Waals surface area contributed by atoms with Crippen molar-refractivity contribution >= 4 is 39.1 Å². The number of anilines is 1. The number of hydrogen-bond donors (Lipinski definition) is 1. The standard InChI is InChI=1S/C19H19N3O2S/c1-19(2)9-12-16(15(23)10-19)25-18(20-12)21-17(24)14-8-11-6-4-5-7-13(11)22(14)3/h4-8H,9-10H2,1-3H3,(H,20,21,24). The van der Waals surface area contributed by atoms with Crippen LogP contribution in [-0.2, 0) is 13.5 Å². The highest BCUT2D eigenvalue weighted by molar-refractivity contribution is 7.17. The highest BCUT2D eigenvalue weighted by Gasteiger charge is 2.34. The van der Waals surface area contributed by atoms with E-state index in [1.807, 2.05) is 41.9 Å². The number of nitrogens with zero attached hydrogens (tertiary/aromatic N) is 2. The molecule has 3 aromatic rings. The van der Waals surface area contributed by atoms with Crippen LogP contribution in [0.3, 0.4) is 0 Å². The largest absolute Gasteiger partial charge is 0.340 e. The van der Waals surface area contributed by atoms with Gasteiger partial charge in [0.15, 0.2) is 10.9 Å². The van der Waals surface area contributed by atoms with Gasteiger partial charge in [0, 0.05) is 24.4 Å². The predicted molar refractivity (Wildman–Crippen MR) is 99.4 cm³/mol. The van der Waals surface area contributed by atoms with Crippen molar-refractivity contribution < 1.29 is 9.59 Å². The molecule has 2 heterocycles. The first kappa shape index (κ1) is 16.0. The number of fused-ring (bicyclic) bond motifs is 2. The maximum atomic E-state index is 12.7. The lowest BCUT2D eigenvalue weighted by molar-refractivity contribution is 0.0915. The number of hydrogen-bond acceptors (Lipinski definition) is 4. The zero-order valence-corrected chi connectivity index (χ0v) is 15.2. The van der Waals surface area contributed by atoms with E-state index in [0.29, 0.717) is 22.1 Å². The van der Waals surface area contributed by atoms with Crippen molar-refractivity contribution in [2.24, 2.45) is 12.5 Å². The number of aromatic nitrogens is 2. The molecule has 6 heteroatoms. The number of Topliss-reactive ketones (excluding diaryl/α,β-unsaturated/α-hetero) is 1. The first-order chi connectivity index (χ1) is 11.8. The van der Waals surface area contributed by atoms with Crippen LogP contribution in [0.5, 0.6) is 0 Å². The third-order valence-electron chi connectivity index (χ3n) is 4.64. The second-order valence-corrected chi connectivity index (χ2v) is 8.34. The Hall–Kier alpha value is -2.47. The number of carbonyl (C=O) groups excluding carboxylic acids is 2. The molecule has 1 amide bonds. The van der Waals surface area contributed by atoms with Crippen LogP contribution in [0.1, 0.15) is 46.1 Å². The summed E-state index contributed by atoms with van der Waals surface area (Å²) in [6, 6.07) is 9.73. The monoisotopic (exact) mass is 353 g/mol. The summed E-state index contributed by atoms with van der Waals surface area (Å²) in [6.07, 6.45) is 1.28. The molecular formula is C19H19N3O2S. The van der Waals surface area contributed by atoms with E-state index in [1.165, 1.54) is 11.3 Å². The summed E-state index contributed by atoms with van der Waals surface area (Å²) in [7, 11) is 1.87. The van der Waals surface area contributed by atoms with E-state index >= 15 is 0 Å². The molecule has 128 valence electrons. The molecule has 0 spiro atoms. The van der Waals surface area contributed by atoms with Crippen molar-refractivity contribution in [3.8, 4) is 0 Å². The number of para-hydroxylation sites is 1. The van der Waals surface area contributed by atoms with Crippen LogP contribution >= 0.6 is 11.3 Å². The fourth-order valence-corrected chi connectivity index (χ4v) is 4.36. The normalized spacial score (nSPS) is 16.0. The van der Waals surface area contributed by atoms with Gasteiger partial charge in [0.2, 0.25) is 0 Å². The summed E-state index contributed by atoms with van der Waals surface area (Å²) < 4.78 is 1.87. The summed E-state index contributed by atoms with van der Waals surface area (Å²) in [4.78, 5) is 30.2. The van der Waals surface area contributed by atoms with E-state index in [9.17, 15) is 9.59 Å². The van der Waals surface area contributed by atoms with Gasteiger partial charge in [-0.25, -0.2) is 4.98 Å². The molecule has 0 saturated heterocycles. The Morgan fingerprint density at radius 3 is 2.80 bits per heavy atom. The topological polar surface area (TPSA) is 64.0 Å². The molecule has 1 aliphatic carbocycles. The lowest BCUT2D eigenvalue weighted by atomic mass is 9.78. The summed E-state index contributed by atoms with van der Waals surface area (Å²) >= 11 is 1.28. The third kappa shape index (κ3) is 2.76. The number of ketones is 1. The fraction of sp³-hybridized carbons (Fsp3) is 0.316. The van der Waals surface area contributed by atoms with Crippen molar-refractivity contribution in [1.82, 2.24) is 9.55 Å². The minimum Gasteiger partial charge on any atom is -0.340 e. The van der Waals surface area contributed by atoms with Gasteiger partial charge in [-0.1, -0.05) is 43.4 Å². The second kappa shape index (κ2) is 5.52. The average molecular weight is 353 g/mol. The highest BCUT2D eigenvalue weighted by Crippen LogP contribution is 2.38. The number of aryl methyl sites for hydroxylation is 1. The molecule has 0 fully saturated rings. The summed E-state index contributed by atoms with van der Waals surface area (Å²) in [5, 5.41) is 4.37. The summed E-state index contributed by atoms with van der Waals surface area (Å²) in [6.45, 7) is 4.14. The van der Waals surface area contributed by atoms with E-state index in [-0.39, 0.29) is 17.1 Å². The molecule has 2 aromatic heterocycles. The summed E-state index contributed by atoms with van der Waals surface area (Å²) in [5.41, 5.74) is 2.30. The minimum absolute atomic E-state index is 0.0741. The molecule has 0 saturated carbocycles. The molecule has 0 atom stereocenters. The van der Waals surface area contributed by atoms with Crippen LogP contribution < -0.4 is 5.32 Å². The minimum atomic E-state index is -0.212. The van der Waals surface area contributed by atoms with Gasteiger partial charge in [0.05, 0.1) is 10.6 Å². The molecule has 5 nitrogen and oxygen atoms in total. The lowest BCUT2D eigenvalue weighted by Crippen LogP contribution is -2.26. The van der Waals surface area contributed by atoms with Gasteiger partial charge < -0.3 is 4.57 Å². The molecular weight excluding hydrogens is 334 g/mol. The molecule has 0 unspecified atom stereocenters. The Morgan fingerprint density at radius 1 is 1.28 bits per heavy atom. The maximum Gasteiger partial charge on any atom is 0.274 e. The van der Waals surface area contributed by atoms with Crippen LogP contribution in [0.25, 0.3) is 10.9 Å². The molecule has 1 aliphatic rings. The molecule has 0 aliphatic heterocycles. The number of rotatable bonds is 2. The van der Waals surface area contributed by atoms with Gasteiger partial charge in [-0.05, 0) is 24.0 Å². The van der Waals surface area contributed by atoms with Crippen molar-refractivity contribution in [2.45, 2.75) is 26.7 Å². The van der Waals surface area contributed by atoms with Gasteiger partial charge in [0.1, 0.15) is 5.69 Å². The smallest absolute Gasteiger partial charge is 0.274 e. The number of amides is 1. The van der Waals surface area contributed by atoms with Gasteiger partial charge >= 0.3 is 0 Å². The molecule has 4 rings (SSSR count). The lowest BCUT2D eigenvalue weighted by Gasteiger charge is -2.26.